The zero-order chi connectivity index (χ0) is 21.5. The first-order valence-corrected chi connectivity index (χ1v) is 9.99. The van der Waals surface area contributed by atoms with Crippen LogP contribution >= 0.6 is 0 Å². The third-order valence-corrected chi connectivity index (χ3v) is 5.65. The van der Waals surface area contributed by atoms with Crippen molar-refractivity contribution in [2.24, 2.45) is 0 Å². The standard InChI is InChI=1S/C25H21N3O3/c1-15-8-11-18(12-9-15)28-24(17-10-13-19(29)20(14-17)31-2)21-22(16-6-4-3-5-7-16)26-27-23(21)25(28)30/h3-14,24,29H,1-2H3,(H,26,27)/t24-/m0/s1. The summed E-state index contributed by atoms with van der Waals surface area (Å²) in [5, 5.41) is 17.6. The number of aromatic hydroxyl groups is 1. The minimum Gasteiger partial charge on any atom is -0.504 e. The summed E-state index contributed by atoms with van der Waals surface area (Å²) in [6.45, 7) is 2.01. The average molecular weight is 411 g/mol. The lowest BCUT2D eigenvalue weighted by Gasteiger charge is -2.27. The molecule has 0 fully saturated rings. The monoisotopic (exact) mass is 411 g/mol. The highest BCUT2D eigenvalue weighted by Crippen LogP contribution is 2.46. The van der Waals surface area contributed by atoms with Gasteiger partial charge in [0, 0.05) is 16.8 Å². The van der Waals surface area contributed by atoms with Crippen LogP contribution in [0.1, 0.15) is 33.2 Å². The number of hydrogen-bond donors (Lipinski definition) is 2. The van der Waals surface area contributed by atoms with E-state index in [-0.39, 0.29) is 11.7 Å². The second-order valence-electron chi connectivity index (χ2n) is 7.57. The van der Waals surface area contributed by atoms with E-state index in [1.807, 2.05) is 67.6 Å². The molecule has 0 radical (unpaired) electrons. The highest BCUT2D eigenvalue weighted by Gasteiger charge is 2.43. The van der Waals surface area contributed by atoms with E-state index < -0.39 is 6.04 Å². The van der Waals surface area contributed by atoms with Gasteiger partial charge in [-0.05, 0) is 36.8 Å². The number of anilines is 1. The highest BCUT2D eigenvalue weighted by molar-refractivity contribution is 6.11. The predicted molar refractivity (Wildman–Crippen MR) is 119 cm³/mol. The van der Waals surface area contributed by atoms with Gasteiger partial charge in [0.05, 0.1) is 18.8 Å². The molecule has 6 heteroatoms. The zero-order valence-electron chi connectivity index (χ0n) is 17.2. The van der Waals surface area contributed by atoms with Crippen LogP contribution in [0.5, 0.6) is 11.5 Å². The summed E-state index contributed by atoms with van der Waals surface area (Å²) in [6.07, 6.45) is 0. The number of nitrogens with one attached hydrogen (secondary N) is 1. The number of phenols is 1. The van der Waals surface area contributed by atoms with Crippen molar-refractivity contribution in [1.29, 1.82) is 0 Å². The number of fused-ring (bicyclic) bond motifs is 1. The van der Waals surface area contributed by atoms with E-state index >= 15 is 0 Å². The molecular formula is C25H21N3O3. The van der Waals surface area contributed by atoms with Crippen LogP contribution in [0.2, 0.25) is 0 Å². The number of H-pyrrole nitrogens is 1. The molecule has 154 valence electrons. The Hall–Kier alpha value is -4.06. The maximum Gasteiger partial charge on any atom is 0.277 e. The molecule has 3 aromatic carbocycles. The molecule has 1 aliphatic heterocycles. The van der Waals surface area contributed by atoms with Gasteiger partial charge in [-0.15, -0.1) is 0 Å². The molecule has 31 heavy (non-hydrogen) atoms. The molecule has 5 rings (SSSR count). The van der Waals surface area contributed by atoms with E-state index in [0.717, 1.165) is 33.6 Å². The summed E-state index contributed by atoms with van der Waals surface area (Å²) >= 11 is 0. The fourth-order valence-corrected chi connectivity index (χ4v) is 4.11. The minimum absolute atomic E-state index is 0.0492. The molecule has 0 unspecified atom stereocenters. The number of hydrogen-bond acceptors (Lipinski definition) is 4. The van der Waals surface area contributed by atoms with E-state index in [1.165, 1.54) is 7.11 Å². The second-order valence-corrected chi connectivity index (χ2v) is 7.57. The molecule has 0 saturated carbocycles. The minimum atomic E-state index is -0.423. The maximum atomic E-state index is 13.5. The zero-order valence-corrected chi connectivity index (χ0v) is 17.2. The Labute approximate surface area is 179 Å². The van der Waals surface area contributed by atoms with Gasteiger partial charge in [-0.1, -0.05) is 54.1 Å². The lowest BCUT2D eigenvalue weighted by Crippen LogP contribution is -2.29. The van der Waals surface area contributed by atoms with Crippen molar-refractivity contribution >= 4 is 11.6 Å². The first kappa shape index (κ1) is 18.9. The number of carbonyl (C=O) groups is 1. The van der Waals surface area contributed by atoms with Crippen molar-refractivity contribution in [3.8, 4) is 22.8 Å². The first-order valence-electron chi connectivity index (χ1n) is 9.99. The number of carbonyl (C=O) groups excluding carboxylic acids is 1. The van der Waals surface area contributed by atoms with Gasteiger partial charge in [0.25, 0.3) is 5.91 Å². The van der Waals surface area contributed by atoms with Gasteiger partial charge in [0.15, 0.2) is 11.5 Å². The van der Waals surface area contributed by atoms with Crippen molar-refractivity contribution in [2.45, 2.75) is 13.0 Å². The third kappa shape index (κ3) is 3.04. The van der Waals surface area contributed by atoms with Crippen molar-refractivity contribution < 1.29 is 14.6 Å². The number of aromatic nitrogens is 2. The van der Waals surface area contributed by atoms with Gasteiger partial charge in [-0.25, -0.2) is 0 Å². The molecule has 0 spiro atoms. The van der Waals surface area contributed by atoms with Gasteiger partial charge >= 0.3 is 0 Å². The summed E-state index contributed by atoms with van der Waals surface area (Å²) in [6, 6.07) is 22.4. The summed E-state index contributed by atoms with van der Waals surface area (Å²) in [5.41, 5.74) is 5.66. The van der Waals surface area contributed by atoms with Crippen molar-refractivity contribution in [3.05, 3.63) is 95.2 Å². The van der Waals surface area contributed by atoms with Gasteiger partial charge in [0.2, 0.25) is 0 Å². The molecular weight excluding hydrogens is 390 g/mol. The molecule has 1 amide bonds. The van der Waals surface area contributed by atoms with E-state index in [0.29, 0.717) is 11.4 Å². The second kappa shape index (κ2) is 7.32. The van der Waals surface area contributed by atoms with Crippen LogP contribution in [-0.4, -0.2) is 28.3 Å². The van der Waals surface area contributed by atoms with Crippen LogP contribution in [0.15, 0.2) is 72.8 Å². The molecule has 0 bridgehead atoms. The number of rotatable bonds is 4. The number of aryl methyl sites for hydroxylation is 1. The molecule has 2 heterocycles. The Bertz CT molecular complexity index is 1260. The Morgan fingerprint density at radius 2 is 1.77 bits per heavy atom. The van der Waals surface area contributed by atoms with Crippen LogP contribution in [0.25, 0.3) is 11.3 Å². The fraction of sp³-hybridized carbons (Fsp3) is 0.120. The molecule has 0 aliphatic carbocycles. The quantitative estimate of drug-likeness (QED) is 0.503. The Kier molecular flexibility index (Phi) is 4.47. The van der Waals surface area contributed by atoms with Crippen LogP contribution in [0.4, 0.5) is 5.69 Å². The summed E-state index contributed by atoms with van der Waals surface area (Å²) in [5.74, 6) is 0.255. The van der Waals surface area contributed by atoms with Crippen molar-refractivity contribution in [1.82, 2.24) is 10.2 Å². The van der Waals surface area contributed by atoms with E-state index in [1.54, 1.807) is 17.0 Å². The predicted octanol–water partition coefficient (Wildman–Crippen LogP) is 4.85. The number of methoxy groups -OCH3 is 1. The average Bonchev–Trinajstić information content (AvgIpc) is 3.35. The normalized spacial score (nSPS) is 15.2. The first-order chi connectivity index (χ1) is 15.1. The van der Waals surface area contributed by atoms with Gasteiger partial charge in [-0.3, -0.25) is 14.8 Å². The largest absolute Gasteiger partial charge is 0.504 e. The molecule has 4 aromatic rings. The molecule has 6 nitrogen and oxygen atoms in total. The van der Waals surface area contributed by atoms with Gasteiger partial charge < -0.3 is 9.84 Å². The number of nitrogens with zero attached hydrogens (tertiary/aromatic N) is 2. The fourth-order valence-electron chi connectivity index (χ4n) is 4.11. The Morgan fingerprint density at radius 3 is 2.48 bits per heavy atom. The van der Waals surface area contributed by atoms with E-state index in [4.69, 9.17) is 4.74 Å². The smallest absolute Gasteiger partial charge is 0.277 e. The van der Waals surface area contributed by atoms with Crippen LogP contribution < -0.4 is 9.64 Å². The molecule has 1 aliphatic rings. The van der Waals surface area contributed by atoms with Crippen LogP contribution in [-0.2, 0) is 0 Å². The SMILES string of the molecule is COc1cc([C@H]2c3c(-c4ccccc4)n[nH]c3C(=O)N2c2ccc(C)cc2)ccc1O. The van der Waals surface area contributed by atoms with Crippen LogP contribution in [0.3, 0.4) is 0 Å². The summed E-state index contributed by atoms with van der Waals surface area (Å²) in [7, 11) is 1.51. The summed E-state index contributed by atoms with van der Waals surface area (Å²) < 4.78 is 5.34. The van der Waals surface area contributed by atoms with Crippen LogP contribution in [0, 0.1) is 6.92 Å². The summed E-state index contributed by atoms with van der Waals surface area (Å²) in [4.78, 5) is 15.3. The van der Waals surface area contributed by atoms with E-state index in [9.17, 15) is 9.90 Å². The topological polar surface area (TPSA) is 78.5 Å². The van der Waals surface area contributed by atoms with Crippen molar-refractivity contribution in [2.75, 3.05) is 12.0 Å². The number of amides is 1. The number of phenolic OH excluding ortho intramolecular Hbond substituents is 1. The lowest BCUT2D eigenvalue weighted by molar-refractivity contribution is 0.0988. The Balaban J connectivity index is 1.74. The molecule has 1 aromatic heterocycles. The van der Waals surface area contributed by atoms with Crippen molar-refractivity contribution in [3.63, 3.8) is 0 Å². The van der Waals surface area contributed by atoms with Gasteiger partial charge in [0.1, 0.15) is 5.69 Å². The third-order valence-electron chi connectivity index (χ3n) is 5.65. The number of ether oxygens (including phenoxy) is 1. The maximum absolute atomic E-state index is 13.5. The molecule has 2 N–H and O–H groups in total. The number of benzene rings is 3. The highest BCUT2D eigenvalue weighted by atomic mass is 16.5. The lowest BCUT2D eigenvalue weighted by atomic mass is 9.95. The Morgan fingerprint density at radius 1 is 1.03 bits per heavy atom. The number of aromatic amines is 1. The van der Waals surface area contributed by atoms with E-state index in [2.05, 4.69) is 10.2 Å². The molecule has 0 saturated heterocycles. The molecule has 1 atom stereocenters. The van der Waals surface area contributed by atoms with Gasteiger partial charge in [-0.2, -0.15) is 5.10 Å².